The van der Waals surface area contributed by atoms with E-state index in [1.165, 1.54) is 30.3 Å². The summed E-state index contributed by atoms with van der Waals surface area (Å²) in [5.74, 6) is -1.05. The predicted molar refractivity (Wildman–Crippen MR) is 78.7 cm³/mol. The molecule has 6 nitrogen and oxygen atoms in total. The molecular weight excluding hydrogens is 274 g/mol. The highest BCUT2D eigenvalue weighted by molar-refractivity contribution is 6.20. The van der Waals surface area contributed by atoms with Crippen LogP contribution in [0.25, 0.3) is 11.6 Å². The van der Waals surface area contributed by atoms with E-state index in [1.54, 1.807) is 30.3 Å². The Balaban J connectivity index is 0.00000220. The molecule has 0 saturated carbocycles. The van der Waals surface area contributed by atoms with Gasteiger partial charge < -0.3 is 10.6 Å². The molecule has 0 heterocycles. The number of rotatable bonds is 4. The molecule has 0 spiro atoms. The van der Waals surface area contributed by atoms with Gasteiger partial charge in [0.25, 0.3) is 5.69 Å². The van der Waals surface area contributed by atoms with Gasteiger partial charge in [0, 0.05) is 12.1 Å². The van der Waals surface area contributed by atoms with E-state index in [1.807, 2.05) is 0 Å². The van der Waals surface area contributed by atoms with Gasteiger partial charge in [-0.25, -0.2) is 4.79 Å². The Morgan fingerprint density at radius 1 is 1.05 bits per heavy atom. The van der Waals surface area contributed by atoms with Crippen molar-refractivity contribution in [1.82, 2.24) is 0 Å². The van der Waals surface area contributed by atoms with Crippen molar-refractivity contribution in [3.63, 3.8) is 0 Å². The highest BCUT2D eigenvalue weighted by Crippen LogP contribution is 2.20. The van der Waals surface area contributed by atoms with Crippen LogP contribution in [0.15, 0.2) is 54.6 Å². The molecule has 0 unspecified atom stereocenters. The van der Waals surface area contributed by atoms with Crippen molar-refractivity contribution in [2.24, 2.45) is 0 Å². The van der Waals surface area contributed by atoms with Gasteiger partial charge in [-0.05, 0) is 29.3 Å². The van der Waals surface area contributed by atoms with E-state index in [2.05, 4.69) is 0 Å². The van der Waals surface area contributed by atoms with Crippen LogP contribution in [0.4, 0.5) is 5.69 Å². The Morgan fingerprint density at radius 2 is 1.62 bits per heavy atom. The fourth-order valence-electron chi connectivity index (χ4n) is 1.75. The zero-order chi connectivity index (χ0) is 14.5. The predicted octanol–water partition coefficient (Wildman–Crippen LogP) is 2.40. The van der Waals surface area contributed by atoms with Crippen LogP contribution in [0.1, 0.15) is 11.1 Å². The summed E-state index contributed by atoms with van der Waals surface area (Å²) in [4.78, 5) is 21.4. The Bertz CT molecular complexity index is 662. The third-order valence-corrected chi connectivity index (χ3v) is 2.73. The standard InChI is InChI=1S/C15H11NO4.H2O/c17-15(18)14(12-4-2-1-3-5-12)10-11-6-8-13(9-7-11)16(19)20;/h1-10H,(H,17,18);1H2/b14-10-;. The molecule has 21 heavy (non-hydrogen) atoms. The van der Waals surface area contributed by atoms with Crippen molar-refractivity contribution in [3.05, 3.63) is 75.8 Å². The van der Waals surface area contributed by atoms with E-state index in [4.69, 9.17) is 0 Å². The lowest BCUT2D eigenvalue weighted by molar-refractivity contribution is -0.384. The molecule has 0 aliphatic carbocycles. The van der Waals surface area contributed by atoms with Crippen molar-refractivity contribution in [1.29, 1.82) is 0 Å². The van der Waals surface area contributed by atoms with E-state index in [0.717, 1.165) is 0 Å². The summed E-state index contributed by atoms with van der Waals surface area (Å²) in [6.45, 7) is 0. The number of carbonyl (C=O) groups is 1. The first-order valence-corrected chi connectivity index (χ1v) is 5.83. The summed E-state index contributed by atoms with van der Waals surface area (Å²) in [6, 6.07) is 14.4. The molecular formula is C15H13NO5. The van der Waals surface area contributed by atoms with E-state index in [0.29, 0.717) is 11.1 Å². The van der Waals surface area contributed by atoms with Crippen LogP contribution in [-0.4, -0.2) is 21.5 Å². The summed E-state index contributed by atoms with van der Waals surface area (Å²) in [6.07, 6.45) is 1.49. The van der Waals surface area contributed by atoms with Crippen LogP contribution in [0, 0.1) is 10.1 Å². The number of carboxylic acids is 1. The van der Waals surface area contributed by atoms with Crippen LogP contribution < -0.4 is 0 Å². The summed E-state index contributed by atoms with van der Waals surface area (Å²) >= 11 is 0. The maximum absolute atomic E-state index is 11.3. The topological polar surface area (TPSA) is 112 Å². The van der Waals surface area contributed by atoms with Crippen LogP contribution in [0.3, 0.4) is 0 Å². The minimum absolute atomic E-state index is 0. The Morgan fingerprint density at radius 3 is 2.10 bits per heavy atom. The molecule has 0 radical (unpaired) electrons. The molecule has 3 N–H and O–H groups in total. The van der Waals surface area contributed by atoms with Crippen molar-refractivity contribution in [3.8, 4) is 0 Å². The van der Waals surface area contributed by atoms with Crippen LogP contribution in [0.5, 0.6) is 0 Å². The molecule has 2 rings (SSSR count). The average molecular weight is 287 g/mol. The highest BCUT2D eigenvalue weighted by Gasteiger charge is 2.10. The highest BCUT2D eigenvalue weighted by atomic mass is 16.6. The maximum Gasteiger partial charge on any atom is 0.336 e. The second kappa shape index (κ2) is 6.97. The van der Waals surface area contributed by atoms with Crippen LogP contribution in [-0.2, 0) is 4.79 Å². The second-order valence-electron chi connectivity index (χ2n) is 4.08. The van der Waals surface area contributed by atoms with Crippen molar-refractivity contribution in [2.45, 2.75) is 0 Å². The van der Waals surface area contributed by atoms with Gasteiger partial charge in [-0.3, -0.25) is 10.1 Å². The lowest BCUT2D eigenvalue weighted by Gasteiger charge is -2.02. The maximum atomic E-state index is 11.3. The molecule has 0 aromatic heterocycles. The molecule has 0 aliphatic rings. The molecule has 0 amide bonds. The molecule has 0 bridgehead atoms. The normalized spacial score (nSPS) is 10.6. The lowest BCUT2D eigenvalue weighted by Crippen LogP contribution is -1.99. The van der Waals surface area contributed by atoms with Crippen LogP contribution >= 0.6 is 0 Å². The molecule has 0 fully saturated rings. The number of carboxylic acid groups (broad SMARTS) is 1. The van der Waals surface area contributed by atoms with Crippen molar-refractivity contribution < 1.29 is 20.3 Å². The first-order chi connectivity index (χ1) is 9.58. The van der Waals surface area contributed by atoms with Gasteiger partial charge >= 0.3 is 5.97 Å². The Kier molecular flexibility index (Phi) is 5.33. The number of hydrogen-bond donors (Lipinski definition) is 1. The quantitative estimate of drug-likeness (QED) is 0.402. The fourth-order valence-corrected chi connectivity index (χ4v) is 1.75. The third kappa shape index (κ3) is 3.99. The molecule has 2 aromatic rings. The number of nitro benzene ring substituents is 1. The van der Waals surface area contributed by atoms with E-state index >= 15 is 0 Å². The number of benzene rings is 2. The SMILES string of the molecule is O.O=C(O)/C(=C\c1ccc([N+](=O)[O-])cc1)c1ccccc1. The van der Waals surface area contributed by atoms with Gasteiger partial charge in [0.15, 0.2) is 0 Å². The van der Waals surface area contributed by atoms with Gasteiger partial charge in [-0.1, -0.05) is 30.3 Å². The minimum Gasteiger partial charge on any atom is -0.478 e. The lowest BCUT2D eigenvalue weighted by atomic mass is 10.0. The van der Waals surface area contributed by atoms with Crippen molar-refractivity contribution >= 4 is 23.3 Å². The van der Waals surface area contributed by atoms with Gasteiger partial charge in [-0.15, -0.1) is 0 Å². The van der Waals surface area contributed by atoms with Gasteiger partial charge in [0.2, 0.25) is 0 Å². The summed E-state index contributed by atoms with van der Waals surface area (Å²) in [5, 5.41) is 19.8. The Labute approximate surface area is 120 Å². The largest absolute Gasteiger partial charge is 0.478 e. The average Bonchev–Trinajstić information content (AvgIpc) is 2.46. The number of non-ortho nitro benzene ring substituents is 1. The van der Waals surface area contributed by atoms with E-state index in [9.17, 15) is 20.0 Å². The molecule has 0 atom stereocenters. The number of aliphatic carboxylic acids is 1. The smallest absolute Gasteiger partial charge is 0.336 e. The number of nitrogens with zero attached hydrogens (tertiary/aromatic N) is 1. The number of nitro groups is 1. The summed E-state index contributed by atoms with van der Waals surface area (Å²) in [5.41, 5.74) is 1.29. The Hall–Kier alpha value is -2.99. The molecule has 0 saturated heterocycles. The van der Waals surface area contributed by atoms with Crippen molar-refractivity contribution in [2.75, 3.05) is 0 Å². The van der Waals surface area contributed by atoms with E-state index in [-0.39, 0.29) is 16.7 Å². The fraction of sp³-hybridized carbons (Fsp3) is 0. The zero-order valence-electron chi connectivity index (χ0n) is 10.9. The van der Waals surface area contributed by atoms with Gasteiger partial charge in [0.1, 0.15) is 0 Å². The third-order valence-electron chi connectivity index (χ3n) is 2.73. The first kappa shape index (κ1) is 16.1. The molecule has 108 valence electrons. The molecule has 6 heteroatoms. The zero-order valence-corrected chi connectivity index (χ0v) is 10.9. The second-order valence-corrected chi connectivity index (χ2v) is 4.08. The van der Waals surface area contributed by atoms with Gasteiger partial charge in [-0.2, -0.15) is 0 Å². The monoisotopic (exact) mass is 287 g/mol. The van der Waals surface area contributed by atoms with Crippen LogP contribution in [0.2, 0.25) is 0 Å². The summed E-state index contributed by atoms with van der Waals surface area (Å²) < 4.78 is 0. The minimum atomic E-state index is -1.05. The summed E-state index contributed by atoms with van der Waals surface area (Å²) in [7, 11) is 0. The van der Waals surface area contributed by atoms with Gasteiger partial charge in [0.05, 0.1) is 10.5 Å². The molecule has 2 aromatic carbocycles. The molecule has 0 aliphatic heterocycles. The first-order valence-electron chi connectivity index (χ1n) is 5.83. The number of hydrogen-bond acceptors (Lipinski definition) is 3. The van der Waals surface area contributed by atoms with E-state index < -0.39 is 10.9 Å².